The first kappa shape index (κ1) is 28.2. The lowest BCUT2D eigenvalue weighted by Crippen LogP contribution is -2.50. The van der Waals surface area contributed by atoms with Crippen molar-refractivity contribution >= 4 is 11.8 Å². The fourth-order valence-electron chi connectivity index (χ4n) is 4.01. The monoisotopic (exact) mass is 482 g/mol. The van der Waals surface area contributed by atoms with E-state index in [1.807, 2.05) is 77.9 Å². The molecule has 0 bridgehead atoms. The molecule has 2 atom stereocenters. The first-order chi connectivity index (χ1) is 16.8. The van der Waals surface area contributed by atoms with E-state index in [1.54, 1.807) is 4.90 Å². The van der Waals surface area contributed by atoms with Gasteiger partial charge in [0.2, 0.25) is 11.8 Å². The Bertz CT molecular complexity index is 959. The van der Waals surface area contributed by atoms with Crippen LogP contribution in [0.5, 0.6) is 11.5 Å². The summed E-state index contributed by atoms with van der Waals surface area (Å²) in [6.07, 6.45) is 2.25. The lowest BCUT2D eigenvalue weighted by molar-refractivity contribution is -0.141. The fourth-order valence-corrected chi connectivity index (χ4v) is 4.01. The van der Waals surface area contributed by atoms with Gasteiger partial charge in [-0.2, -0.15) is 0 Å². The molecule has 0 aromatic heterocycles. The maximum absolute atomic E-state index is 13.5. The Kier molecular flexibility index (Phi) is 11.6. The molecule has 35 heavy (non-hydrogen) atoms. The highest BCUT2D eigenvalue weighted by molar-refractivity contribution is 5.88. The molecule has 0 saturated carbocycles. The normalized spacial score (nSPS) is 12.5. The average Bonchev–Trinajstić information content (AvgIpc) is 2.84. The fraction of sp³-hybridized carbons (Fsp3) is 0.517. The number of rotatable bonds is 14. The van der Waals surface area contributed by atoms with Crippen molar-refractivity contribution < 1.29 is 19.1 Å². The molecule has 0 aliphatic rings. The zero-order valence-electron chi connectivity index (χ0n) is 22.2. The molecule has 0 heterocycles. The Morgan fingerprint density at radius 1 is 0.914 bits per heavy atom. The summed E-state index contributed by atoms with van der Waals surface area (Å²) in [5, 5.41) is 3.06. The molecule has 6 heteroatoms. The Balaban J connectivity index is 2.24. The smallest absolute Gasteiger partial charge is 0.243 e. The van der Waals surface area contributed by atoms with Gasteiger partial charge >= 0.3 is 0 Å². The molecular weight excluding hydrogens is 440 g/mol. The lowest BCUT2D eigenvalue weighted by Gasteiger charge is -2.31. The number of amides is 2. The molecule has 0 aliphatic heterocycles. The van der Waals surface area contributed by atoms with E-state index >= 15 is 0 Å². The Labute approximate surface area is 211 Å². The van der Waals surface area contributed by atoms with Crippen LogP contribution >= 0.6 is 0 Å². The third-order valence-electron chi connectivity index (χ3n) is 6.06. The summed E-state index contributed by atoms with van der Waals surface area (Å²) in [5.41, 5.74) is 3.15. The summed E-state index contributed by atoms with van der Waals surface area (Å²) < 4.78 is 11.4. The van der Waals surface area contributed by atoms with Crippen LogP contribution in [0.2, 0.25) is 0 Å². The molecule has 0 fully saturated rings. The number of aryl methyl sites for hydroxylation is 2. The van der Waals surface area contributed by atoms with Crippen molar-refractivity contribution in [3.63, 3.8) is 0 Å². The van der Waals surface area contributed by atoms with Gasteiger partial charge in [-0.3, -0.25) is 9.59 Å². The highest BCUT2D eigenvalue weighted by Crippen LogP contribution is 2.29. The standard InChI is InChI=1S/C29H42N2O4/c1-7-22(6)30-29(33)25(8-2)31(20-24-13-11-12-21(5)18-24)28(32)17-15-23-14-16-26(34-9-3)27(19-23)35-10-4/h11-14,16,18-19,22,25H,7-10,15,17,20H2,1-6H3,(H,30,33). The van der Waals surface area contributed by atoms with Gasteiger partial charge in [0.25, 0.3) is 0 Å². The zero-order valence-corrected chi connectivity index (χ0v) is 22.2. The molecule has 6 nitrogen and oxygen atoms in total. The second kappa shape index (κ2) is 14.4. The molecule has 2 rings (SSSR count). The molecule has 0 aliphatic carbocycles. The van der Waals surface area contributed by atoms with Crippen molar-refractivity contribution in [3.05, 3.63) is 59.2 Å². The van der Waals surface area contributed by atoms with E-state index in [9.17, 15) is 9.59 Å². The highest BCUT2D eigenvalue weighted by Gasteiger charge is 2.29. The van der Waals surface area contributed by atoms with Crippen LogP contribution in [0.25, 0.3) is 0 Å². The second-order valence-electron chi connectivity index (χ2n) is 8.90. The van der Waals surface area contributed by atoms with Gasteiger partial charge < -0.3 is 19.7 Å². The minimum Gasteiger partial charge on any atom is -0.490 e. The molecule has 2 amide bonds. The number of carbonyl (C=O) groups excluding carboxylic acids is 2. The highest BCUT2D eigenvalue weighted by atomic mass is 16.5. The molecule has 2 aromatic carbocycles. The summed E-state index contributed by atoms with van der Waals surface area (Å²) >= 11 is 0. The SMILES string of the molecule is CCOc1ccc(CCC(=O)N(Cc2cccc(C)c2)C(CC)C(=O)NC(C)CC)cc1OCC. The van der Waals surface area contributed by atoms with Gasteiger partial charge in [0.05, 0.1) is 13.2 Å². The van der Waals surface area contributed by atoms with Gasteiger partial charge in [-0.25, -0.2) is 0 Å². The van der Waals surface area contributed by atoms with E-state index in [1.165, 1.54) is 0 Å². The van der Waals surface area contributed by atoms with Gasteiger partial charge in [0.1, 0.15) is 6.04 Å². The van der Waals surface area contributed by atoms with Crippen molar-refractivity contribution in [2.45, 2.75) is 85.9 Å². The molecule has 1 N–H and O–H groups in total. The van der Waals surface area contributed by atoms with E-state index in [-0.39, 0.29) is 17.9 Å². The number of nitrogens with one attached hydrogen (secondary N) is 1. The Hall–Kier alpha value is -3.02. The average molecular weight is 483 g/mol. The van der Waals surface area contributed by atoms with Crippen LogP contribution in [0.15, 0.2) is 42.5 Å². The van der Waals surface area contributed by atoms with Gasteiger partial charge in [-0.1, -0.05) is 49.7 Å². The Morgan fingerprint density at radius 2 is 1.63 bits per heavy atom. The Morgan fingerprint density at radius 3 is 2.26 bits per heavy atom. The molecule has 2 aromatic rings. The van der Waals surface area contributed by atoms with Crippen molar-refractivity contribution in [2.75, 3.05) is 13.2 Å². The first-order valence-corrected chi connectivity index (χ1v) is 12.9. The van der Waals surface area contributed by atoms with Crippen LogP contribution in [-0.4, -0.2) is 42.0 Å². The van der Waals surface area contributed by atoms with Crippen LogP contribution in [0.4, 0.5) is 0 Å². The summed E-state index contributed by atoms with van der Waals surface area (Å²) in [6.45, 7) is 13.4. The third-order valence-corrected chi connectivity index (χ3v) is 6.06. The van der Waals surface area contributed by atoms with E-state index in [2.05, 4.69) is 11.4 Å². The van der Waals surface area contributed by atoms with Crippen molar-refractivity contribution in [2.24, 2.45) is 0 Å². The number of hydrogen-bond acceptors (Lipinski definition) is 4. The number of ether oxygens (including phenoxy) is 2. The van der Waals surface area contributed by atoms with E-state index in [0.29, 0.717) is 50.5 Å². The molecular formula is C29H42N2O4. The van der Waals surface area contributed by atoms with Crippen LogP contribution in [0.1, 0.15) is 70.6 Å². The third kappa shape index (κ3) is 8.61. The van der Waals surface area contributed by atoms with Gasteiger partial charge in [0.15, 0.2) is 11.5 Å². The van der Waals surface area contributed by atoms with Crippen molar-refractivity contribution in [1.82, 2.24) is 10.2 Å². The van der Waals surface area contributed by atoms with E-state index in [0.717, 1.165) is 23.1 Å². The zero-order chi connectivity index (χ0) is 25.8. The van der Waals surface area contributed by atoms with Crippen molar-refractivity contribution in [3.8, 4) is 11.5 Å². The molecule has 2 unspecified atom stereocenters. The number of hydrogen-bond donors (Lipinski definition) is 1. The summed E-state index contributed by atoms with van der Waals surface area (Å²) in [5.74, 6) is 1.26. The van der Waals surface area contributed by atoms with Gasteiger partial charge in [-0.15, -0.1) is 0 Å². The molecule has 0 saturated heterocycles. The van der Waals surface area contributed by atoms with Gasteiger partial charge in [-0.05, 0) is 70.2 Å². The van der Waals surface area contributed by atoms with E-state index in [4.69, 9.17) is 9.47 Å². The minimum absolute atomic E-state index is 0.0375. The van der Waals surface area contributed by atoms with Crippen LogP contribution < -0.4 is 14.8 Å². The maximum Gasteiger partial charge on any atom is 0.243 e. The van der Waals surface area contributed by atoms with E-state index < -0.39 is 6.04 Å². The summed E-state index contributed by atoms with van der Waals surface area (Å²) in [7, 11) is 0. The second-order valence-corrected chi connectivity index (χ2v) is 8.90. The summed E-state index contributed by atoms with van der Waals surface area (Å²) in [4.78, 5) is 28.4. The predicted octanol–water partition coefficient (Wildman–Crippen LogP) is 5.45. The topological polar surface area (TPSA) is 67.9 Å². The number of benzene rings is 2. The van der Waals surface area contributed by atoms with Crippen LogP contribution in [0, 0.1) is 6.92 Å². The molecule has 192 valence electrons. The first-order valence-electron chi connectivity index (χ1n) is 12.9. The maximum atomic E-state index is 13.5. The van der Waals surface area contributed by atoms with Gasteiger partial charge in [0, 0.05) is 19.0 Å². The lowest BCUT2D eigenvalue weighted by atomic mass is 10.0. The quantitative estimate of drug-likeness (QED) is 0.389. The van der Waals surface area contributed by atoms with Crippen molar-refractivity contribution in [1.29, 1.82) is 0 Å². The molecule has 0 radical (unpaired) electrons. The summed E-state index contributed by atoms with van der Waals surface area (Å²) in [6, 6.07) is 13.5. The van der Waals surface area contributed by atoms with Crippen LogP contribution in [0.3, 0.4) is 0 Å². The van der Waals surface area contributed by atoms with Crippen LogP contribution in [-0.2, 0) is 22.6 Å². The largest absolute Gasteiger partial charge is 0.490 e. The predicted molar refractivity (Wildman–Crippen MR) is 141 cm³/mol. The number of nitrogens with zero attached hydrogens (tertiary/aromatic N) is 1. The molecule has 0 spiro atoms. The minimum atomic E-state index is -0.517. The number of carbonyl (C=O) groups is 2.